The van der Waals surface area contributed by atoms with E-state index in [9.17, 15) is 0 Å². The molecule has 0 aromatic rings. The molecule has 0 aromatic heterocycles. The number of hydrogen-bond donors (Lipinski definition) is 1. The average Bonchev–Trinajstić information content (AvgIpc) is 3.02. The van der Waals surface area contributed by atoms with Gasteiger partial charge >= 0.3 is 0 Å². The van der Waals surface area contributed by atoms with E-state index in [0.29, 0.717) is 0 Å². The second kappa shape index (κ2) is 3.52. The third-order valence-corrected chi connectivity index (χ3v) is 4.93. The zero-order chi connectivity index (χ0) is 9.43. The van der Waals surface area contributed by atoms with Gasteiger partial charge in [0.2, 0.25) is 0 Å². The maximum absolute atomic E-state index is 3.52. The van der Waals surface area contributed by atoms with E-state index in [1.165, 1.54) is 38.8 Å². The molecule has 3 rings (SSSR count). The summed E-state index contributed by atoms with van der Waals surface area (Å²) in [6, 6.07) is 0. The van der Waals surface area contributed by atoms with Gasteiger partial charge in [-0.2, -0.15) is 0 Å². The third kappa shape index (κ3) is 1.71. The van der Waals surface area contributed by atoms with E-state index in [1.54, 1.807) is 25.7 Å². The number of piperidine rings is 1. The van der Waals surface area contributed by atoms with Gasteiger partial charge in [-0.1, -0.05) is 12.8 Å². The van der Waals surface area contributed by atoms with Crippen LogP contribution in [0.15, 0.2) is 0 Å². The molecule has 1 heteroatoms. The summed E-state index contributed by atoms with van der Waals surface area (Å²) in [7, 11) is 0. The Morgan fingerprint density at radius 2 is 1.64 bits per heavy atom. The van der Waals surface area contributed by atoms with Gasteiger partial charge in [0, 0.05) is 0 Å². The summed E-state index contributed by atoms with van der Waals surface area (Å²) in [5.74, 6) is 2.28. The molecule has 1 atom stereocenters. The number of rotatable bonds is 1. The fourth-order valence-electron chi connectivity index (χ4n) is 3.88. The lowest BCUT2D eigenvalue weighted by molar-refractivity contribution is 0.0869. The van der Waals surface area contributed by atoms with Gasteiger partial charge < -0.3 is 5.32 Å². The van der Waals surface area contributed by atoms with Crippen molar-refractivity contribution in [3.8, 4) is 0 Å². The van der Waals surface area contributed by atoms with Crippen LogP contribution in [-0.2, 0) is 0 Å². The number of hydrogen-bond acceptors (Lipinski definition) is 1. The molecule has 1 unspecified atom stereocenters. The first kappa shape index (κ1) is 9.21. The molecule has 1 N–H and O–H groups in total. The zero-order valence-electron chi connectivity index (χ0n) is 9.23. The van der Waals surface area contributed by atoms with Crippen LogP contribution in [0.2, 0.25) is 0 Å². The Balaban J connectivity index is 1.66. The molecule has 1 aliphatic heterocycles. The molecule has 0 bridgehead atoms. The predicted molar refractivity (Wildman–Crippen MR) is 59.2 cm³/mol. The molecule has 80 valence electrons. The summed E-state index contributed by atoms with van der Waals surface area (Å²) in [4.78, 5) is 0. The highest BCUT2D eigenvalue weighted by Crippen LogP contribution is 2.52. The van der Waals surface area contributed by atoms with Crippen LogP contribution in [0.25, 0.3) is 0 Å². The van der Waals surface area contributed by atoms with E-state index < -0.39 is 0 Å². The fraction of sp³-hybridized carbons (Fsp3) is 1.00. The van der Waals surface area contributed by atoms with Crippen molar-refractivity contribution in [3.63, 3.8) is 0 Å². The predicted octanol–water partition coefficient (Wildman–Crippen LogP) is 2.96. The third-order valence-electron chi connectivity index (χ3n) is 4.93. The zero-order valence-corrected chi connectivity index (χ0v) is 9.23. The second-order valence-corrected chi connectivity index (χ2v) is 5.94. The van der Waals surface area contributed by atoms with Crippen molar-refractivity contribution in [2.75, 3.05) is 13.1 Å². The van der Waals surface area contributed by atoms with Gasteiger partial charge in [-0.3, -0.25) is 0 Å². The van der Waals surface area contributed by atoms with Crippen LogP contribution in [-0.4, -0.2) is 13.1 Å². The molecule has 0 radical (unpaired) electrons. The van der Waals surface area contributed by atoms with E-state index in [2.05, 4.69) is 5.32 Å². The van der Waals surface area contributed by atoms with Gasteiger partial charge in [-0.15, -0.1) is 0 Å². The van der Waals surface area contributed by atoms with Crippen LogP contribution < -0.4 is 5.32 Å². The highest BCUT2D eigenvalue weighted by Gasteiger charge is 2.42. The van der Waals surface area contributed by atoms with Gasteiger partial charge in [-0.25, -0.2) is 0 Å². The summed E-state index contributed by atoms with van der Waals surface area (Å²) in [5.41, 5.74) is 0.788. The standard InChI is InChI=1S/C13H23N/c1-2-12(11-3-4-11)10-13(5-1)6-8-14-9-7-13/h11-12,14H,1-10H2. The minimum absolute atomic E-state index is 0.788. The summed E-state index contributed by atoms with van der Waals surface area (Å²) >= 11 is 0. The van der Waals surface area contributed by atoms with Crippen molar-refractivity contribution < 1.29 is 0 Å². The summed E-state index contributed by atoms with van der Waals surface area (Å²) < 4.78 is 0. The Bertz CT molecular complexity index is 196. The van der Waals surface area contributed by atoms with Crippen LogP contribution in [0.3, 0.4) is 0 Å². The number of nitrogens with one attached hydrogen (secondary N) is 1. The lowest BCUT2D eigenvalue weighted by Gasteiger charge is -2.44. The van der Waals surface area contributed by atoms with Crippen LogP contribution >= 0.6 is 0 Å². The quantitative estimate of drug-likeness (QED) is 0.675. The molecule has 2 aliphatic carbocycles. The van der Waals surface area contributed by atoms with E-state index in [4.69, 9.17) is 0 Å². The molecule has 3 fully saturated rings. The Morgan fingerprint density at radius 3 is 2.36 bits per heavy atom. The average molecular weight is 193 g/mol. The van der Waals surface area contributed by atoms with Gasteiger partial charge in [0.05, 0.1) is 0 Å². The van der Waals surface area contributed by atoms with Crippen LogP contribution in [0.5, 0.6) is 0 Å². The van der Waals surface area contributed by atoms with Gasteiger partial charge in [0.25, 0.3) is 0 Å². The van der Waals surface area contributed by atoms with Crippen molar-refractivity contribution >= 4 is 0 Å². The van der Waals surface area contributed by atoms with Crippen LogP contribution in [0, 0.1) is 17.3 Å². The Morgan fingerprint density at radius 1 is 0.857 bits per heavy atom. The molecule has 3 aliphatic rings. The smallest absolute Gasteiger partial charge is 0.00436 e. The largest absolute Gasteiger partial charge is 0.317 e. The highest BCUT2D eigenvalue weighted by molar-refractivity contribution is 4.94. The van der Waals surface area contributed by atoms with Gasteiger partial charge in [0.1, 0.15) is 0 Å². The molecule has 1 spiro atoms. The normalized spacial score (nSPS) is 37.3. The fourth-order valence-corrected chi connectivity index (χ4v) is 3.88. The Hall–Kier alpha value is -0.0400. The lowest BCUT2D eigenvalue weighted by Crippen LogP contribution is -2.40. The molecular formula is C13H23N. The van der Waals surface area contributed by atoms with E-state index in [1.807, 2.05) is 0 Å². The van der Waals surface area contributed by atoms with Gasteiger partial charge in [0.15, 0.2) is 0 Å². The molecular weight excluding hydrogens is 170 g/mol. The highest BCUT2D eigenvalue weighted by atomic mass is 14.9. The van der Waals surface area contributed by atoms with Crippen molar-refractivity contribution in [1.29, 1.82) is 0 Å². The second-order valence-electron chi connectivity index (χ2n) is 5.94. The van der Waals surface area contributed by atoms with Crippen molar-refractivity contribution in [2.45, 2.75) is 51.4 Å². The molecule has 1 saturated heterocycles. The first-order valence-corrected chi connectivity index (χ1v) is 6.59. The molecule has 0 amide bonds. The molecule has 14 heavy (non-hydrogen) atoms. The maximum Gasteiger partial charge on any atom is -0.00436 e. The SMILES string of the molecule is C1CC(C2CC2)CC2(C1)CCNCC2. The van der Waals surface area contributed by atoms with Crippen molar-refractivity contribution in [3.05, 3.63) is 0 Å². The minimum Gasteiger partial charge on any atom is -0.317 e. The molecule has 2 saturated carbocycles. The summed E-state index contributed by atoms with van der Waals surface area (Å²) in [6.07, 6.45) is 12.3. The van der Waals surface area contributed by atoms with E-state index in [0.717, 1.165) is 17.3 Å². The Kier molecular flexibility index (Phi) is 2.31. The molecule has 1 nitrogen and oxygen atoms in total. The maximum atomic E-state index is 3.52. The Labute approximate surface area is 87.7 Å². The molecule has 0 aromatic carbocycles. The van der Waals surface area contributed by atoms with Crippen LogP contribution in [0.4, 0.5) is 0 Å². The first-order chi connectivity index (χ1) is 6.88. The lowest BCUT2D eigenvalue weighted by atomic mass is 9.64. The van der Waals surface area contributed by atoms with Crippen LogP contribution in [0.1, 0.15) is 51.4 Å². The first-order valence-electron chi connectivity index (χ1n) is 6.59. The van der Waals surface area contributed by atoms with Gasteiger partial charge in [-0.05, 0) is 68.9 Å². The monoisotopic (exact) mass is 193 g/mol. The summed E-state index contributed by atoms with van der Waals surface area (Å²) in [5, 5.41) is 3.52. The van der Waals surface area contributed by atoms with Crippen molar-refractivity contribution in [2.24, 2.45) is 17.3 Å². The van der Waals surface area contributed by atoms with E-state index >= 15 is 0 Å². The minimum atomic E-state index is 0.788. The van der Waals surface area contributed by atoms with E-state index in [-0.39, 0.29) is 0 Å². The summed E-state index contributed by atoms with van der Waals surface area (Å²) in [6.45, 7) is 2.58. The molecule has 1 heterocycles. The van der Waals surface area contributed by atoms with Crippen molar-refractivity contribution in [1.82, 2.24) is 5.32 Å². The topological polar surface area (TPSA) is 12.0 Å².